The third kappa shape index (κ3) is 3.39. The number of ether oxygens (including phenoxy) is 1. The number of benzene rings is 1. The maximum absolute atomic E-state index is 12.8. The first-order valence-electron chi connectivity index (χ1n) is 9.36. The van der Waals surface area contributed by atoms with Gasteiger partial charge in [0.2, 0.25) is 0 Å². The molecule has 7 nitrogen and oxygen atoms in total. The molecule has 3 N–H and O–H groups in total. The number of rotatable bonds is 5. The number of carbonyl (C=O) groups is 2. The average molecular weight is 381 g/mol. The number of aliphatic hydroxyl groups excluding tert-OH is 1. The summed E-state index contributed by atoms with van der Waals surface area (Å²) in [5, 5.41) is 16.4. The van der Waals surface area contributed by atoms with Crippen LogP contribution in [0.15, 0.2) is 36.4 Å². The van der Waals surface area contributed by atoms with Crippen LogP contribution in [0.5, 0.6) is 0 Å². The summed E-state index contributed by atoms with van der Waals surface area (Å²) in [7, 11) is 1.50. The van der Waals surface area contributed by atoms with Gasteiger partial charge in [-0.1, -0.05) is 24.3 Å². The van der Waals surface area contributed by atoms with Gasteiger partial charge in [-0.15, -0.1) is 0 Å². The van der Waals surface area contributed by atoms with Gasteiger partial charge in [-0.3, -0.25) is 9.59 Å². The van der Waals surface area contributed by atoms with Crippen molar-refractivity contribution in [2.75, 3.05) is 20.3 Å². The Bertz CT molecular complexity index is 920. The highest BCUT2D eigenvalue weighted by Gasteiger charge is 2.54. The van der Waals surface area contributed by atoms with Crippen LogP contribution in [0.25, 0.3) is 0 Å². The highest BCUT2D eigenvalue weighted by Crippen LogP contribution is 2.44. The molecule has 28 heavy (non-hydrogen) atoms. The maximum Gasteiger partial charge on any atom is 0.269 e. The highest BCUT2D eigenvalue weighted by molar-refractivity contribution is 5.99. The van der Waals surface area contributed by atoms with Gasteiger partial charge in [-0.2, -0.15) is 0 Å². The molecular formula is C21H23N3O4. The van der Waals surface area contributed by atoms with Crippen molar-refractivity contribution in [3.05, 3.63) is 64.5 Å². The van der Waals surface area contributed by atoms with Gasteiger partial charge >= 0.3 is 0 Å². The monoisotopic (exact) mass is 381 g/mol. The van der Waals surface area contributed by atoms with Gasteiger partial charge in [0.1, 0.15) is 11.8 Å². The van der Waals surface area contributed by atoms with Crippen LogP contribution in [-0.2, 0) is 4.74 Å². The molecule has 0 bridgehead atoms. The van der Waals surface area contributed by atoms with Crippen molar-refractivity contribution in [2.45, 2.75) is 19.1 Å². The number of hydrogen-bond acceptors (Lipinski definition) is 5. The normalized spacial score (nSPS) is 23.6. The molecule has 0 unspecified atom stereocenters. The number of aromatic nitrogens is 1. The Balaban J connectivity index is 1.64. The van der Waals surface area contributed by atoms with Crippen molar-refractivity contribution < 1.29 is 19.4 Å². The second kappa shape index (κ2) is 7.33. The summed E-state index contributed by atoms with van der Waals surface area (Å²) in [6, 6.07) is 10.5. The van der Waals surface area contributed by atoms with Gasteiger partial charge in [0.25, 0.3) is 11.8 Å². The van der Waals surface area contributed by atoms with Gasteiger partial charge in [-0.05, 0) is 30.2 Å². The number of fused-ring (bicyclic) bond motifs is 1. The molecule has 2 fully saturated rings. The van der Waals surface area contributed by atoms with Crippen LogP contribution >= 0.6 is 0 Å². The molecule has 1 saturated heterocycles. The van der Waals surface area contributed by atoms with Crippen molar-refractivity contribution in [1.82, 2.24) is 15.6 Å². The summed E-state index contributed by atoms with van der Waals surface area (Å²) in [5.74, 6) is 0.0669. The number of pyridine rings is 1. The molecular weight excluding hydrogens is 358 g/mol. The van der Waals surface area contributed by atoms with Crippen molar-refractivity contribution in [2.24, 2.45) is 11.8 Å². The second-order valence-electron chi connectivity index (χ2n) is 7.37. The molecule has 146 valence electrons. The summed E-state index contributed by atoms with van der Waals surface area (Å²) < 4.78 is 5.35. The Kier molecular flexibility index (Phi) is 4.87. The van der Waals surface area contributed by atoms with Crippen LogP contribution in [0.4, 0.5) is 0 Å². The van der Waals surface area contributed by atoms with E-state index in [9.17, 15) is 14.7 Å². The third-order valence-electron chi connectivity index (χ3n) is 5.58. The topological polar surface area (TPSA) is 101 Å². The fraction of sp³-hybridized carbons (Fsp3) is 0.381. The van der Waals surface area contributed by atoms with E-state index in [0.29, 0.717) is 36.2 Å². The number of aliphatic hydroxyl groups is 1. The molecule has 1 aliphatic heterocycles. The zero-order chi connectivity index (χ0) is 19.8. The summed E-state index contributed by atoms with van der Waals surface area (Å²) in [6.07, 6.45) is -1.04. The van der Waals surface area contributed by atoms with E-state index >= 15 is 0 Å². The van der Waals surface area contributed by atoms with E-state index in [1.54, 1.807) is 12.1 Å². The minimum atomic E-state index is -1.04. The first-order chi connectivity index (χ1) is 13.5. The molecule has 1 saturated carbocycles. The molecule has 0 spiro atoms. The molecule has 2 aromatic rings. The molecule has 2 amide bonds. The lowest BCUT2D eigenvalue weighted by Gasteiger charge is -2.16. The number of aryl methyl sites for hydroxylation is 1. The quantitative estimate of drug-likeness (QED) is 0.723. The summed E-state index contributed by atoms with van der Waals surface area (Å²) in [4.78, 5) is 29.2. The van der Waals surface area contributed by atoms with E-state index in [-0.39, 0.29) is 23.3 Å². The molecule has 2 heterocycles. The summed E-state index contributed by atoms with van der Waals surface area (Å²) >= 11 is 0. The van der Waals surface area contributed by atoms with Crippen LogP contribution in [0.1, 0.15) is 43.8 Å². The zero-order valence-corrected chi connectivity index (χ0v) is 15.8. The highest BCUT2D eigenvalue weighted by atomic mass is 16.5. The first-order valence-corrected chi connectivity index (χ1v) is 9.36. The Morgan fingerprint density at radius 2 is 1.89 bits per heavy atom. The summed E-state index contributed by atoms with van der Waals surface area (Å²) in [6.45, 7) is 3.24. The molecule has 7 heteroatoms. The van der Waals surface area contributed by atoms with Crippen molar-refractivity contribution in [3.8, 4) is 0 Å². The summed E-state index contributed by atoms with van der Waals surface area (Å²) in [5.41, 5.74) is 2.25. The van der Waals surface area contributed by atoms with Crippen molar-refractivity contribution in [1.29, 1.82) is 0 Å². The molecule has 1 aliphatic carbocycles. The number of nitrogens with one attached hydrogen (secondary N) is 2. The largest absolute Gasteiger partial charge is 0.382 e. The molecule has 2 aliphatic rings. The van der Waals surface area contributed by atoms with E-state index in [2.05, 4.69) is 15.6 Å². The van der Waals surface area contributed by atoms with E-state index in [4.69, 9.17) is 4.74 Å². The van der Waals surface area contributed by atoms with Gasteiger partial charge in [0.15, 0.2) is 0 Å². The standard InChI is InChI=1S/C21H23N3O4/c1-11-5-3-4-6-13(11)19(25)16-7-12(8-17(23-16)21(27)22-2)20(26)24-18-14-9-28-10-15(14)18/h3-8,14-15,18-19,25H,9-10H2,1-2H3,(H,22,27)(H,24,26)/t14-,15+,18+,19-/m0/s1. The fourth-order valence-corrected chi connectivity index (χ4v) is 3.81. The lowest BCUT2D eigenvalue weighted by Crippen LogP contribution is -2.31. The Morgan fingerprint density at radius 3 is 2.57 bits per heavy atom. The molecule has 4 atom stereocenters. The van der Waals surface area contributed by atoms with Crippen LogP contribution in [0.3, 0.4) is 0 Å². The number of carbonyl (C=O) groups excluding carboxylic acids is 2. The Morgan fingerprint density at radius 1 is 1.18 bits per heavy atom. The van der Waals surface area contributed by atoms with E-state index < -0.39 is 12.0 Å². The van der Waals surface area contributed by atoms with Crippen LogP contribution in [0, 0.1) is 18.8 Å². The zero-order valence-electron chi connectivity index (χ0n) is 15.8. The van der Waals surface area contributed by atoms with Gasteiger partial charge < -0.3 is 20.5 Å². The Hall–Kier alpha value is -2.77. The lowest BCUT2D eigenvalue weighted by molar-refractivity contribution is 0.0928. The maximum atomic E-state index is 12.8. The molecule has 0 radical (unpaired) electrons. The minimum Gasteiger partial charge on any atom is -0.382 e. The first kappa shape index (κ1) is 18.6. The van der Waals surface area contributed by atoms with Crippen LogP contribution in [-0.4, -0.2) is 48.2 Å². The smallest absolute Gasteiger partial charge is 0.269 e. The Labute approximate surface area is 163 Å². The minimum absolute atomic E-state index is 0.0945. The van der Waals surface area contributed by atoms with E-state index in [0.717, 1.165) is 5.56 Å². The average Bonchev–Trinajstić information content (AvgIpc) is 3.13. The van der Waals surface area contributed by atoms with E-state index in [1.165, 1.54) is 13.1 Å². The number of amides is 2. The second-order valence-corrected chi connectivity index (χ2v) is 7.37. The van der Waals surface area contributed by atoms with Gasteiger partial charge in [0.05, 0.1) is 18.9 Å². The fourth-order valence-electron chi connectivity index (χ4n) is 3.81. The SMILES string of the molecule is CNC(=O)c1cc(C(=O)N[C@H]2[C@@H]3COC[C@@H]32)cc([C@@H](O)c2ccccc2C)n1. The third-order valence-corrected chi connectivity index (χ3v) is 5.58. The molecule has 4 rings (SSSR count). The molecule has 1 aromatic carbocycles. The lowest BCUT2D eigenvalue weighted by atomic mass is 9.99. The van der Waals surface area contributed by atoms with Crippen molar-refractivity contribution >= 4 is 11.8 Å². The van der Waals surface area contributed by atoms with Gasteiger partial charge in [-0.25, -0.2) is 4.98 Å². The number of hydrogen-bond donors (Lipinski definition) is 3. The van der Waals surface area contributed by atoms with E-state index in [1.807, 2.05) is 25.1 Å². The predicted octanol–water partition coefficient (Wildman–Crippen LogP) is 1.21. The predicted molar refractivity (Wildman–Crippen MR) is 102 cm³/mol. The van der Waals surface area contributed by atoms with Crippen molar-refractivity contribution in [3.63, 3.8) is 0 Å². The molecule has 1 aromatic heterocycles. The van der Waals surface area contributed by atoms with Gasteiger partial charge in [0, 0.05) is 30.5 Å². The van der Waals surface area contributed by atoms with Crippen LogP contribution in [0.2, 0.25) is 0 Å². The number of nitrogens with zero attached hydrogens (tertiary/aromatic N) is 1. The van der Waals surface area contributed by atoms with Crippen LogP contribution < -0.4 is 10.6 Å².